The molecule has 0 aromatic heterocycles. The Morgan fingerprint density at radius 2 is 1.78 bits per heavy atom. The van der Waals surface area contributed by atoms with Gasteiger partial charge in [-0.05, 0) is 36.8 Å². The first-order valence-corrected chi connectivity index (χ1v) is 5.49. The Morgan fingerprint density at radius 1 is 1.11 bits per heavy atom. The van der Waals surface area contributed by atoms with E-state index in [2.05, 4.69) is 0 Å². The summed E-state index contributed by atoms with van der Waals surface area (Å²) >= 11 is 0. The van der Waals surface area contributed by atoms with Gasteiger partial charge in [0.15, 0.2) is 0 Å². The number of benzene rings is 2. The maximum Gasteiger partial charge on any atom is 0.126 e. The van der Waals surface area contributed by atoms with Crippen LogP contribution in [-0.4, -0.2) is 0 Å². The van der Waals surface area contributed by atoms with Crippen LogP contribution in [-0.2, 0) is 6.61 Å². The molecule has 0 amide bonds. The summed E-state index contributed by atoms with van der Waals surface area (Å²) in [6.45, 7) is 1.93. The largest absolute Gasteiger partial charge is 0.489 e. The molecule has 2 aromatic carbocycles. The number of ether oxygens (including phenoxy) is 1. The Bertz CT molecular complexity index is 549. The Hall–Kier alpha value is -2.10. The molecule has 0 atom stereocenters. The van der Waals surface area contributed by atoms with Crippen molar-refractivity contribution in [3.8, 4) is 5.75 Å². The summed E-state index contributed by atoms with van der Waals surface area (Å²) in [5, 5.41) is 0. The molecule has 2 aromatic rings. The molecule has 2 nitrogen and oxygen atoms in total. The number of nitrogens with two attached hydrogens (primary N) is 1. The quantitative estimate of drug-likeness (QED) is 0.846. The van der Waals surface area contributed by atoms with Crippen LogP contribution in [0.1, 0.15) is 11.1 Å². The van der Waals surface area contributed by atoms with Crippen molar-refractivity contribution in [3.63, 3.8) is 0 Å². The van der Waals surface area contributed by atoms with Gasteiger partial charge in [0.05, 0.1) is 0 Å². The number of halogens is 2. The van der Waals surface area contributed by atoms with E-state index in [4.69, 9.17) is 10.5 Å². The zero-order chi connectivity index (χ0) is 13.1. The topological polar surface area (TPSA) is 35.2 Å². The van der Waals surface area contributed by atoms with Crippen LogP contribution in [0.25, 0.3) is 0 Å². The van der Waals surface area contributed by atoms with Gasteiger partial charge in [-0.1, -0.05) is 6.07 Å². The van der Waals surface area contributed by atoms with E-state index >= 15 is 0 Å². The second-order valence-electron chi connectivity index (χ2n) is 4.04. The second kappa shape index (κ2) is 5.04. The molecule has 0 heterocycles. The highest BCUT2D eigenvalue weighted by atomic mass is 19.1. The number of anilines is 1. The average Bonchev–Trinajstić information content (AvgIpc) is 2.30. The summed E-state index contributed by atoms with van der Waals surface area (Å²) < 4.78 is 31.5. The molecule has 0 aliphatic rings. The van der Waals surface area contributed by atoms with E-state index in [0.717, 1.165) is 11.6 Å². The Balaban J connectivity index is 2.14. The summed E-state index contributed by atoms with van der Waals surface area (Å²) in [6.07, 6.45) is 0. The van der Waals surface area contributed by atoms with Crippen LogP contribution in [0.3, 0.4) is 0 Å². The van der Waals surface area contributed by atoms with Gasteiger partial charge in [-0.2, -0.15) is 0 Å². The lowest BCUT2D eigenvalue weighted by atomic mass is 10.2. The zero-order valence-corrected chi connectivity index (χ0v) is 9.91. The van der Waals surface area contributed by atoms with Crippen molar-refractivity contribution in [3.05, 3.63) is 59.2 Å². The van der Waals surface area contributed by atoms with Crippen molar-refractivity contribution >= 4 is 5.69 Å². The third-order valence-electron chi connectivity index (χ3n) is 2.64. The van der Waals surface area contributed by atoms with E-state index < -0.39 is 11.6 Å². The molecule has 0 fully saturated rings. The number of hydrogen-bond acceptors (Lipinski definition) is 2. The van der Waals surface area contributed by atoms with E-state index in [1.165, 1.54) is 12.1 Å². The van der Waals surface area contributed by atoms with Gasteiger partial charge in [0.25, 0.3) is 0 Å². The number of hydrogen-bond donors (Lipinski definition) is 1. The van der Waals surface area contributed by atoms with Crippen molar-refractivity contribution in [2.45, 2.75) is 13.5 Å². The molecular weight excluding hydrogens is 236 g/mol. The molecule has 0 unspecified atom stereocenters. The maximum atomic E-state index is 13.0. The molecule has 0 radical (unpaired) electrons. The second-order valence-corrected chi connectivity index (χ2v) is 4.04. The van der Waals surface area contributed by atoms with E-state index in [-0.39, 0.29) is 6.61 Å². The average molecular weight is 249 g/mol. The van der Waals surface area contributed by atoms with Gasteiger partial charge in [-0.15, -0.1) is 0 Å². The van der Waals surface area contributed by atoms with E-state index in [1.54, 1.807) is 18.2 Å². The molecule has 0 saturated carbocycles. The Morgan fingerprint density at radius 3 is 2.44 bits per heavy atom. The lowest BCUT2D eigenvalue weighted by Crippen LogP contribution is -2.00. The molecule has 4 heteroatoms. The normalized spacial score (nSPS) is 10.4. The Labute approximate surface area is 104 Å². The molecule has 0 aliphatic carbocycles. The van der Waals surface area contributed by atoms with Crippen molar-refractivity contribution in [2.75, 3.05) is 5.73 Å². The molecule has 2 rings (SSSR count). The third kappa shape index (κ3) is 2.77. The lowest BCUT2D eigenvalue weighted by Gasteiger charge is -2.10. The monoisotopic (exact) mass is 249 g/mol. The first-order chi connectivity index (χ1) is 8.56. The van der Waals surface area contributed by atoms with Crippen LogP contribution in [0.15, 0.2) is 36.4 Å². The summed E-state index contributed by atoms with van der Waals surface area (Å²) in [4.78, 5) is 0. The highest BCUT2D eigenvalue weighted by Gasteiger charge is 2.05. The van der Waals surface area contributed by atoms with Gasteiger partial charge in [-0.3, -0.25) is 0 Å². The van der Waals surface area contributed by atoms with Gasteiger partial charge < -0.3 is 10.5 Å². The fourth-order valence-corrected chi connectivity index (χ4v) is 1.64. The van der Waals surface area contributed by atoms with Gasteiger partial charge in [0, 0.05) is 17.3 Å². The van der Waals surface area contributed by atoms with E-state index in [1.807, 2.05) is 6.92 Å². The molecule has 2 N–H and O–H groups in total. The molecule has 0 aliphatic heterocycles. The fourth-order valence-electron chi connectivity index (χ4n) is 1.64. The van der Waals surface area contributed by atoms with Gasteiger partial charge in [0.2, 0.25) is 0 Å². The lowest BCUT2D eigenvalue weighted by molar-refractivity contribution is 0.303. The molecular formula is C14H13F2NO. The van der Waals surface area contributed by atoms with Crippen LogP contribution >= 0.6 is 0 Å². The minimum absolute atomic E-state index is 0.0962. The smallest absolute Gasteiger partial charge is 0.126 e. The SMILES string of the molecule is Cc1c(N)cccc1OCc1cc(F)cc(F)c1. The molecule has 0 saturated heterocycles. The summed E-state index contributed by atoms with van der Waals surface area (Å²) in [7, 11) is 0. The van der Waals surface area contributed by atoms with Gasteiger partial charge in [-0.25, -0.2) is 8.78 Å². The van der Waals surface area contributed by atoms with Crippen LogP contribution in [0, 0.1) is 18.6 Å². The van der Waals surface area contributed by atoms with Crippen molar-refractivity contribution in [1.29, 1.82) is 0 Å². The van der Waals surface area contributed by atoms with Crippen molar-refractivity contribution < 1.29 is 13.5 Å². The molecule has 18 heavy (non-hydrogen) atoms. The highest BCUT2D eigenvalue weighted by molar-refractivity contribution is 5.53. The van der Waals surface area contributed by atoms with Gasteiger partial charge in [0.1, 0.15) is 24.0 Å². The molecule has 94 valence electrons. The minimum Gasteiger partial charge on any atom is -0.489 e. The third-order valence-corrected chi connectivity index (χ3v) is 2.64. The first-order valence-electron chi connectivity index (χ1n) is 5.49. The highest BCUT2D eigenvalue weighted by Crippen LogP contribution is 2.24. The first kappa shape index (κ1) is 12.4. The van der Waals surface area contributed by atoms with E-state index in [0.29, 0.717) is 17.0 Å². The van der Waals surface area contributed by atoms with Crippen molar-refractivity contribution in [2.24, 2.45) is 0 Å². The van der Waals surface area contributed by atoms with Crippen LogP contribution in [0.2, 0.25) is 0 Å². The molecule has 0 spiro atoms. The van der Waals surface area contributed by atoms with Crippen LogP contribution in [0.4, 0.5) is 14.5 Å². The maximum absolute atomic E-state index is 13.0. The predicted octanol–water partition coefficient (Wildman–Crippen LogP) is 3.43. The molecule has 0 bridgehead atoms. The number of nitrogen functional groups attached to an aromatic ring is 1. The van der Waals surface area contributed by atoms with Gasteiger partial charge >= 0.3 is 0 Å². The minimum atomic E-state index is -0.613. The van der Waals surface area contributed by atoms with Crippen LogP contribution in [0.5, 0.6) is 5.75 Å². The number of rotatable bonds is 3. The van der Waals surface area contributed by atoms with Crippen molar-refractivity contribution in [1.82, 2.24) is 0 Å². The summed E-state index contributed by atoms with van der Waals surface area (Å²) in [5.41, 5.74) is 7.61. The predicted molar refractivity (Wildman–Crippen MR) is 66.3 cm³/mol. The fraction of sp³-hybridized carbons (Fsp3) is 0.143. The summed E-state index contributed by atoms with van der Waals surface area (Å²) in [6, 6.07) is 8.61. The van der Waals surface area contributed by atoms with Crippen LogP contribution < -0.4 is 10.5 Å². The standard InChI is InChI=1S/C14H13F2NO/c1-9-13(17)3-2-4-14(9)18-8-10-5-11(15)7-12(16)6-10/h2-7H,8,17H2,1H3. The van der Waals surface area contributed by atoms with E-state index in [9.17, 15) is 8.78 Å². The Kier molecular flexibility index (Phi) is 3.46. The zero-order valence-electron chi connectivity index (χ0n) is 9.91. The summed E-state index contributed by atoms with van der Waals surface area (Å²) in [5.74, 6) is -0.615.